The number of hydrogen-bond acceptors (Lipinski definition) is 3. The van der Waals surface area contributed by atoms with Crippen LogP contribution in [0.1, 0.15) is 0 Å². The minimum absolute atomic E-state index is 0.410. The first-order chi connectivity index (χ1) is 3.83. The van der Waals surface area contributed by atoms with Gasteiger partial charge in [0.15, 0.2) is 11.9 Å². The second-order valence-corrected chi connectivity index (χ2v) is 1.88. The molecule has 0 aromatic carbocycles. The summed E-state index contributed by atoms with van der Waals surface area (Å²) in [6.07, 6.45) is 0.788. The van der Waals surface area contributed by atoms with E-state index >= 15 is 0 Å². The predicted octanol–water partition coefficient (Wildman–Crippen LogP) is -0.399. The van der Waals surface area contributed by atoms with Crippen molar-refractivity contribution >= 4 is 6.29 Å². The standard InChI is InChI=1S/C5H8O3/c1-7-5(2-6)3-8-4-5/h2H,3-4H2,1H3. The first kappa shape index (κ1) is 5.72. The van der Waals surface area contributed by atoms with Gasteiger partial charge in [0.2, 0.25) is 0 Å². The number of aldehydes is 1. The molecule has 0 saturated carbocycles. The lowest BCUT2D eigenvalue weighted by Gasteiger charge is -2.34. The van der Waals surface area contributed by atoms with Gasteiger partial charge in [-0.15, -0.1) is 0 Å². The quantitative estimate of drug-likeness (QED) is 0.460. The number of rotatable bonds is 2. The normalized spacial score (nSPS) is 24.1. The van der Waals surface area contributed by atoms with E-state index in [0.29, 0.717) is 13.2 Å². The van der Waals surface area contributed by atoms with Gasteiger partial charge in [0.25, 0.3) is 0 Å². The van der Waals surface area contributed by atoms with Crippen LogP contribution in [0.25, 0.3) is 0 Å². The van der Waals surface area contributed by atoms with E-state index in [9.17, 15) is 4.79 Å². The highest BCUT2D eigenvalue weighted by molar-refractivity contribution is 5.64. The van der Waals surface area contributed by atoms with E-state index in [-0.39, 0.29) is 0 Å². The predicted molar refractivity (Wildman–Crippen MR) is 26.6 cm³/mol. The topological polar surface area (TPSA) is 35.5 Å². The number of hydrogen-bond donors (Lipinski definition) is 0. The van der Waals surface area contributed by atoms with Crippen LogP contribution >= 0.6 is 0 Å². The molecular weight excluding hydrogens is 108 g/mol. The zero-order chi connectivity index (χ0) is 6.04. The molecule has 0 radical (unpaired) electrons. The highest BCUT2D eigenvalue weighted by atomic mass is 16.6. The largest absolute Gasteiger partial charge is 0.374 e. The van der Waals surface area contributed by atoms with Crippen molar-refractivity contribution in [3.05, 3.63) is 0 Å². The van der Waals surface area contributed by atoms with Crippen LogP contribution in [0.15, 0.2) is 0 Å². The molecule has 1 aliphatic rings. The summed E-state index contributed by atoms with van der Waals surface area (Å²) < 4.78 is 9.59. The van der Waals surface area contributed by atoms with Gasteiger partial charge in [0.1, 0.15) is 0 Å². The zero-order valence-electron chi connectivity index (χ0n) is 4.72. The Morgan fingerprint density at radius 1 is 1.75 bits per heavy atom. The molecule has 8 heavy (non-hydrogen) atoms. The van der Waals surface area contributed by atoms with Crippen LogP contribution in [0.2, 0.25) is 0 Å². The first-order valence-corrected chi connectivity index (χ1v) is 2.42. The van der Waals surface area contributed by atoms with Crippen LogP contribution in [0, 0.1) is 0 Å². The molecule has 1 fully saturated rings. The summed E-state index contributed by atoms with van der Waals surface area (Å²) in [5, 5.41) is 0. The van der Waals surface area contributed by atoms with E-state index in [1.165, 1.54) is 7.11 Å². The lowest BCUT2D eigenvalue weighted by Crippen LogP contribution is -2.52. The Morgan fingerprint density at radius 3 is 2.38 bits per heavy atom. The van der Waals surface area contributed by atoms with Crippen LogP contribution in [0.5, 0.6) is 0 Å². The SMILES string of the molecule is COC1(C=O)COC1. The minimum Gasteiger partial charge on any atom is -0.374 e. The summed E-state index contributed by atoms with van der Waals surface area (Å²) in [6.45, 7) is 0.819. The van der Waals surface area contributed by atoms with Gasteiger partial charge in [-0.25, -0.2) is 0 Å². The highest BCUT2D eigenvalue weighted by Gasteiger charge is 2.38. The number of ether oxygens (including phenoxy) is 2. The van der Waals surface area contributed by atoms with Gasteiger partial charge >= 0.3 is 0 Å². The van der Waals surface area contributed by atoms with E-state index in [0.717, 1.165) is 6.29 Å². The summed E-state index contributed by atoms with van der Waals surface area (Å²) in [6, 6.07) is 0. The van der Waals surface area contributed by atoms with Gasteiger partial charge in [-0.3, -0.25) is 4.79 Å². The van der Waals surface area contributed by atoms with Crippen molar-refractivity contribution in [3.63, 3.8) is 0 Å². The molecule has 0 N–H and O–H groups in total. The molecule has 0 aromatic heterocycles. The van der Waals surface area contributed by atoms with Crippen LogP contribution < -0.4 is 0 Å². The molecule has 0 bridgehead atoms. The molecule has 1 aliphatic heterocycles. The maximum Gasteiger partial charge on any atom is 0.169 e. The molecule has 0 aliphatic carbocycles. The second-order valence-electron chi connectivity index (χ2n) is 1.88. The lowest BCUT2D eigenvalue weighted by atomic mass is 10.1. The van der Waals surface area contributed by atoms with Gasteiger partial charge < -0.3 is 9.47 Å². The molecule has 0 atom stereocenters. The molecule has 46 valence electrons. The van der Waals surface area contributed by atoms with Crippen molar-refractivity contribution in [2.75, 3.05) is 20.3 Å². The Balaban J connectivity index is 2.45. The number of methoxy groups -OCH3 is 1. The van der Waals surface area contributed by atoms with Crippen molar-refractivity contribution in [1.82, 2.24) is 0 Å². The van der Waals surface area contributed by atoms with Gasteiger partial charge in [0, 0.05) is 7.11 Å². The molecule has 1 heterocycles. The van der Waals surface area contributed by atoms with E-state index in [1.807, 2.05) is 0 Å². The highest BCUT2D eigenvalue weighted by Crippen LogP contribution is 2.16. The fourth-order valence-corrected chi connectivity index (χ4v) is 0.537. The Bertz CT molecular complexity index is 90.3. The van der Waals surface area contributed by atoms with E-state index < -0.39 is 5.60 Å². The molecule has 1 rings (SSSR count). The van der Waals surface area contributed by atoms with Crippen LogP contribution in [0.3, 0.4) is 0 Å². The molecule has 0 spiro atoms. The van der Waals surface area contributed by atoms with E-state index in [2.05, 4.69) is 0 Å². The Labute approximate surface area is 47.6 Å². The molecule has 0 unspecified atom stereocenters. The molecule has 3 nitrogen and oxygen atoms in total. The smallest absolute Gasteiger partial charge is 0.169 e. The van der Waals surface area contributed by atoms with E-state index in [1.54, 1.807) is 0 Å². The van der Waals surface area contributed by atoms with Gasteiger partial charge in [0.05, 0.1) is 13.2 Å². The third kappa shape index (κ3) is 0.638. The third-order valence-corrected chi connectivity index (χ3v) is 1.31. The summed E-state index contributed by atoms with van der Waals surface area (Å²) in [7, 11) is 1.51. The fourth-order valence-electron chi connectivity index (χ4n) is 0.537. The summed E-state index contributed by atoms with van der Waals surface area (Å²) in [5.41, 5.74) is -0.597. The average molecular weight is 116 g/mol. The first-order valence-electron chi connectivity index (χ1n) is 2.42. The van der Waals surface area contributed by atoms with Crippen LogP contribution in [-0.2, 0) is 14.3 Å². The van der Waals surface area contributed by atoms with Gasteiger partial charge in [-0.1, -0.05) is 0 Å². The molecular formula is C5H8O3. The molecule has 3 heteroatoms. The van der Waals surface area contributed by atoms with Crippen molar-refractivity contribution in [3.8, 4) is 0 Å². The number of carbonyl (C=O) groups excluding carboxylic acids is 1. The molecule has 1 saturated heterocycles. The lowest BCUT2D eigenvalue weighted by molar-refractivity contribution is -0.188. The van der Waals surface area contributed by atoms with Crippen molar-refractivity contribution < 1.29 is 14.3 Å². The zero-order valence-corrected chi connectivity index (χ0v) is 4.72. The molecule has 0 amide bonds. The van der Waals surface area contributed by atoms with Crippen LogP contribution in [-0.4, -0.2) is 32.2 Å². The fraction of sp³-hybridized carbons (Fsp3) is 0.800. The van der Waals surface area contributed by atoms with Crippen molar-refractivity contribution in [2.45, 2.75) is 5.60 Å². The minimum atomic E-state index is -0.597. The van der Waals surface area contributed by atoms with Crippen molar-refractivity contribution in [1.29, 1.82) is 0 Å². The summed E-state index contributed by atoms with van der Waals surface area (Å²) in [5.74, 6) is 0. The van der Waals surface area contributed by atoms with E-state index in [4.69, 9.17) is 9.47 Å². The second kappa shape index (κ2) is 1.84. The Kier molecular flexibility index (Phi) is 1.31. The summed E-state index contributed by atoms with van der Waals surface area (Å²) >= 11 is 0. The third-order valence-electron chi connectivity index (χ3n) is 1.31. The van der Waals surface area contributed by atoms with Crippen molar-refractivity contribution in [2.24, 2.45) is 0 Å². The Hall–Kier alpha value is -0.410. The number of carbonyl (C=O) groups is 1. The van der Waals surface area contributed by atoms with Gasteiger partial charge in [-0.2, -0.15) is 0 Å². The monoisotopic (exact) mass is 116 g/mol. The molecule has 0 aromatic rings. The van der Waals surface area contributed by atoms with Gasteiger partial charge in [-0.05, 0) is 0 Å². The summed E-state index contributed by atoms with van der Waals surface area (Å²) in [4.78, 5) is 10.1. The average Bonchev–Trinajstić information content (AvgIpc) is 1.67. The maximum atomic E-state index is 10.1. The van der Waals surface area contributed by atoms with Crippen LogP contribution in [0.4, 0.5) is 0 Å². The maximum absolute atomic E-state index is 10.1. The Morgan fingerprint density at radius 2 is 2.38 bits per heavy atom.